The Kier molecular flexibility index (Phi) is 5.53. The van der Waals surface area contributed by atoms with E-state index in [1.807, 2.05) is 31.7 Å². The van der Waals surface area contributed by atoms with Crippen molar-refractivity contribution < 1.29 is 8.42 Å². The van der Waals surface area contributed by atoms with E-state index in [9.17, 15) is 8.42 Å². The fourth-order valence-corrected chi connectivity index (χ4v) is 6.63. The van der Waals surface area contributed by atoms with Gasteiger partial charge in [0.25, 0.3) is 10.0 Å². The predicted octanol–water partition coefficient (Wildman–Crippen LogP) is 2.29. The second-order valence-corrected chi connectivity index (χ2v) is 9.84. The highest BCUT2D eigenvalue weighted by atomic mass is 32.2. The molecular weight excluding hydrogens is 312 g/mol. The molecule has 1 unspecified atom stereocenters. The Labute approximate surface area is 130 Å². The second-order valence-electron chi connectivity index (χ2n) is 5.00. The van der Waals surface area contributed by atoms with Crippen LogP contribution in [0.4, 0.5) is 0 Å². The molecule has 114 valence electrons. The van der Waals surface area contributed by atoms with Gasteiger partial charge in [0, 0.05) is 35.5 Å². The fourth-order valence-electron chi connectivity index (χ4n) is 2.16. The van der Waals surface area contributed by atoms with Gasteiger partial charge in [-0.15, -0.1) is 11.3 Å². The normalized spacial score (nSPS) is 21.2. The Hall–Kier alpha value is -0.0800. The molecule has 0 spiro atoms. The predicted molar refractivity (Wildman–Crippen MR) is 87.1 cm³/mol. The quantitative estimate of drug-likeness (QED) is 0.897. The van der Waals surface area contributed by atoms with Crippen molar-refractivity contribution in [1.29, 1.82) is 0 Å². The van der Waals surface area contributed by atoms with Crippen LogP contribution in [-0.4, -0.2) is 43.4 Å². The number of thioether (sulfide) groups is 1. The highest BCUT2D eigenvalue weighted by Gasteiger charge is 2.30. The summed E-state index contributed by atoms with van der Waals surface area (Å²) in [6.45, 7) is 8.99. The number of nitrogens with zero attached hydrogens (tertiary/aromatic N) is 1. The summed E-state index contributed by atoms with van der Waals surface area (Å²) >= 11 is 3.24. The molecule has 0 amide bonds. The van der Waals surface area contributed by atoms with Gasteiger partial charge in [-0.05, 0) is 25.1 Å². The van der Waals surface area contributed by atoms with Crippen LogP contribution >= 0.6 is 23.1 Å². The van der Waals surface area contributed by atoms with Crippen molar-refractivity contribution in [3.63, 3.8) is 0 Å². The largest absolute Gasteiger partial charge is 0.312 e. The summed E-state index contributed by atoms with van der Waals surface area (Å²) < 4.78 is 27.5. The zero-order valence-electron chi connectivity index (χ0n) is 12.2. The van der Waals surface area contributed by atoms with Crippen molar-refractivity contribution in [1.82, 2.24) is 9.62 Å². The van der Waals surface area contributed by atoms with Crippen molar-refractivity contribution in [2.24, 2.45) is 0 Å². The van der Waals surface area contributed by atoms with Gasteiger partial charge in [0.15, 0.2) is 0 Å². The van der Waals surface area contributed by atoms with Crippen LogP contribution in [0.25, 0.3) is 0 Å². The maximum atomic E-state index is 12.7. The van der Waals surface area contributed by atoms with Crippen molar-refractivity contribution in [3.05, 3.63) is 16.5 Å². The molecule has 1 N–H and O–H groups in total. The van der Waals surface area contributed by atoms with Crippen LogP contribution in [0.2, 0.25) is 0 Å². The first kappa shape index (κ1) is 16.3. The number of aryl methyl sites for hydroxylation is 1. The molecule has 0 saturated carbocycles. The van der Waals surface area contributed by atoms with E-state index in [0.29, 0.717) is 22.5 Å². The smallest absolute Gasteiger partial charge is 0.252 e. The number of sulfonamides is 1. The lowest BCUT2D eigenvalue weighted by Gasteiger charge is -2.29. The van der Waals surface area contributed by atoms with Crippen molar-refractivity contribution in [2.75, 3.05) is 25.4 Å². The van der Waals surface area contributed by atoms with E-state index < -0.39 is 10.0 Å². The van der Waals surface area contributed by atoms with Gasteiger partial charge in [-0.3, -0.25) is 0 Å². The summed E-state index contributed by atoms with van der Waals surface area (Å²) in [6.07, 6.45) is 0. The zero-order chi connectivity index (χ0) is 14.8. The Morgan fingerprint density at radius 1 is 1.50 bits per heavy atom. The molecule has 1 atom stereocenters. The molecule has 0 bridgehead atoms. The second kappa shape index (κ2) is 6.79. The Morgan fingerprint density at radius 3 is 2.90 bits per heavy atom. The third-order valence-electron chi connectivity index (χ3n) is 3.33. The Balaban J connectivity index is 2.21. The van der Waals surface area contributed by atoms with Gasteiger partial charge in [0.2, 0.25) is 0 Å². The molecule has 4 nitrogen and oxygen atoms in total. The van der Waals surface area contributed by atoms with E-state index in [2.05, 4.69) is 12.2 Å². The number of hydrogen-bond donors (Lipinski definition) is 1. The molecule has 2 rings (SSSR count). The van der Waals surface area contributed by atoms with Crippen molar-refractivity contribution in [2.45, 2.75) is 36.8 Å². The molecule has 0 aliphatic carbocycles. The minimum Gasteiger partial charge on any atom is -0.312 e. The first-order valence-electron chi connectivity index (χ1n) is 6.87. The number of thiophene rings is 1. The highest BCUT2D eigenvalue weighted by Crippen LogP contribution is 2.30. The summed E-state index contributed by atoms with van der Waals surface area (Å²) in [4.78, 5) is 1.12. The Bertz CT molecular complexity index is 554. The molecule has 2 heterocycles. The molecule has 1 aromatic rings. The topological polar surface area (TPSA) is 49.4 Å². The van der Waals surface area contributed by atoms with Gasteiger partial charge >= 0.3 is 0 Å². The number of hydrogen-bond acceptors (Lipinski definition) is 5. The molecule has 1 aromatic heterocycles. The molecule has 20 heavy (non-hydrogen) atoms. The van der Waals surface area contributed by atoms with Crippen molar-refractivity contribution in [3.8, 4) is 0 Å². The summed E-state index contributed by atoms with van der Waals surface area (Å²) in [5.74, 6) is 0.884. The fraction of sp³-hybridized carbons (Fsp3) is 0.692. The summed E-state index contributed by atoms with van der Waals surface area (Å²) in [5.41, 5.74) is 1.06. The van der Waals surface area contributed by atoms with E-state index in [1.54, 1.807) is 4.31 Å². The summed E-state index contributed by atoms with van der Waals surface area (Å²) in [7, 11) is -3.31. The third kappa shape index (κ3) is 3.57. The average Bonchev–Trinajstić information content (AvgIpc) is 2.78. The lowest BCUT2D eigenvalue weighted by molar-refractivity contribution is 0.425. The molecule has 0 aromatic carbocycles. The van der Waals surface area contributed by atoms with Crippen LogP contribution in [0.5, 0.6) is 0 Å². The standard InChI is InChI=1S/C13H22N2O2S3/c1-4-14-8-12-10(2)7-13(19-12)20(16,17)15-5-6-18-11(3)9-15/h7,11,14H,4-6,8-9H2,1-3H3. The van der Waals surface area contributed by atoms with Gasteiger partial charge in [0.05, 0.1) is 0 Å². The monoisotopic (exact) mass is 334 g/mol. The summed E-state index contributed by atoms with van der Waals surface area (Å²) in [5, 5.41) is 3.63. The zero-order valence-corrected chi connectivity index (χ0v) is 14.6. The van der Waals surface area contributed by atoms with Crippen LogP contribution < -0.4 is 5.32 Å². The third-order valence-corrected chi connectivity index (χ3v) is 8.02. The van der Waals surface area contributed by atoms with Gasteiger partial charge in [-0.25, -0.2) is 8.42 Å². The van der Waals surface area contributed by atoms with Crippen LogP contribution in [0.3, 0.4) is 0 Å². The first-order valence-corrected chi connectivity index (χ1v) is 10.2. The lowest BCUT2D eigenvalue weighted by atomic mass is 10.3. The van der Waals surface area contributed by atoms with Gasteiger partial charge in [0.1, 0.15) is 4.21 Å². The SMILES string of the molecule is CCNCc1sc(S(=O)(=O)N2CCSC(C)C2)cc1C. The molecule has 0 radical (unpaired) electrons. The van der Waals surface area contributed by atoms with Gasteiger partial charge in [-0.1, -0.05) is 13.8 Å². The Morgan fingerprint density at radius 2 is 2.25 bits per heavy atom. The minimum atomic E-state index is -3.31. The minimum absolute atomic E-state index is 0.376. The van der Waals surface area contributed by atoms with E-state index in [-0.39, 0.29) is 0 Å². The molecule has 7 heteroatoms. The maximum absolute atomic E-state index is 12.7. The van der Waals surface area contributed by atoms with E-state index >= 15 is 0 Å². The van der Waals surface area contributed by atoms with Crippen LogP contribution in [0.15, 0.2) is 10.3 Å². The maximum Gasteiger partial charge on any atom is 0.252 e. The van der Waals surface area contributed by atoms with Gasteiger partial charge in [-0.2, -0.15) is 16.1 Å². The number of nitrogens with one attached hydrogen (secondary N) is 1. The van der Waals surface area contributed by atoms with Crippen molar-refractivity contribution >= 4 is 33.1 Å². The van der Waals surface area contributed by atoms with Crippen LogP contribution in [0.1, 0.15) is 24.3 Å². The molecule has 1 saturated heterocycles. The highest BCUT2D eigenvalue weighted by molar-refractivity contribution is 8.00. The molecular formula is C13H22N2O2S3. The van der Waals surface area contributed by atoms with Crippen LogP contribution in [-0.2, 0) is 16.6 Å². The van der Waals surface area contributed by atoms with E-state index in [0.717, 1.165) is 29.3 Å². The lowest BCUT2D eigenvalue weighted by Crippen LogP contribution is -2.40. The molecule has 1 aliphatic rings. The number of rotatable bonds is 5. The van der Waals surface area contributed by atoms with Crippen LogP contribution in [0, 0.1) is 6.92 Å². The van der Waals surface area contributed by atoms with E-state index in [1.165, 1.54) is 11.3 Å². The molecule has 1 aliphatic heterocycles. The average molecular weight is 335 g/mol. The first-order chi connectivity index (χ1) is 9.45. The molecule has 1 fully saturated rings. The summed E-state index contributed by atoms with van der Waals surface area (Å²) in [6, 6.07) is 1.82. The van der Waals surface area contributed by atoms with E-state index in [4.69, 9.17) is 0 Å². The van der Waals surface area contributed by atoms with Gasteiger partial charge < -0.3 is 5.32 Å².